The van der Waals surface area contributed by atoms with Crippen molar-refractivity contribution in [3.05, 3.63) is 41.7 Å². The molecule has 1 fully saturated rings. The molecule has 0 aliphatic carbocycles. The Hall–Kier alpha value is -2.82. The molecule has 2 aromatic rings. The number of anilines is 2. The number of sulfone groups is 1. The summed E-state index contributed by atoms with van der Waals surface area (Å²) in [5.41, 5.74) is -0.313. The molecule has 1 amide bonds. The Bertz CT molecular complexity index is 1010. The highest BCUT2D eigenvalue weighted by molar-refractivity contribution is 7.91. The molecule has 0 radical (unpaired) electrons. The van der Waals surface area contributed by atoms with E-state index in [0.29, 0.717) is 18.2 Å². The molecule has 2 N–H and O–H groups in total. The summed E-state index contributed by atoms with van der Waals surface area (Å²) in [6.45, 7) is 4.15. The number of carbonyl (C=O) groups excluding carboxylic acids is 1. The van der Waals surface area contributed by atoms with Gasteiger partial charge < -0.3 is 15.5 Å². The predicted molar refractivity (Wildman–Crippen MR) is 109 cm³/mol. The molecule has 3 rings (SSSR count). The normalized spacial score (nSPS) is 14.2. The van der Waals surface area contributed by atoms with Crippen LogP contribution in [0, 0.1) is 6.92 Å². The zero-order valence-corrected chi connectivity index (χ0v) is 17.3. The first-order valence-electron chi connectivity index (χ1n) is 9.53. The van der Waals surface area contributed by atoms with E-state index >= 15 is 0 Å². The van der Waals surface area contributed by atoms with Crippen molar-refractivity contribution in [2.24, 2.45) is 0 Å². The van der Waals surface area contributed by atoms with Crippen molar-refractivity contribution in [2.45, 2.75) is 30.4 Å². The average molecular weight is 439 g/mol. The van der Waals surface area contributed by atoms with Crippen molar-refractivity contribution in [3.63, 3.8) is 0 Å². The molecule has 1 aliphatic rings. The number of nitrogens with one attached hydrogen (secondary N) is 2. The molecule has 1 aliphatic heterocycles. The lowest BCUT2D eigenvalue weighted by atomic mass is 10.2. The van der Waals surface area contributed by atoms with Gasteiger partial charge in [-0.25, -0.2) is 18.4 Å². The van der Waals surface area contributed by atoms with Gasteiger partial charge in [0.05, 0.1) is 10.5 Å². The van der Waals surface area contributed by atoms with Crippen LogP contribution in [-0.2, 0) is 9.84 Å². The first-order chi connectivity index (χ1) is 14.3. The van der Waals surface area contributed by atoms with Gasteiger partial charge in [-0.3, -0.25) is 4.79 Å². The van der Waals surface area contributed by atoms with E-state index in [1.807, 2.05) is 6.07 Å². The van der Waals surface area contributed by atoms with Gasteiger partial charge in [-0.05, 0) is 31.9 Å². The lowest BCUT2D eigenvalue weighted by Crippen LogP contribution is -2.30. The van der Waals surface area contributed by atoms with Gasteiger partial charge in [0.2, 0.25) is 9.84 Å². The van der Waals surface area contributed by atoms with Crippen LogP contribution in [0.25, 0.3) is 0 Å². The fraction of sp³-hybridized carbons (Fsp3) is 0.421. The van der Waals surface area contributed by atoms with Crippen LogP contribution in [0.2, 0.25) is 0 Å². The van der Waals surface area contributed by atoms with Crippen molar-refractivity contribution in [2.75, 3.05) is 36.4 Å². The molecule has 1 saturated heterocycles. The smallest absolute Gasteiger partial charge is 0.341 e. The molecule has 1 aromatic carbocycles. The number of aromatic nitrogens is 2. The highest BCUT2D eigenvalue weighted by atomic mass is 32.2. The number of alkyl halides is 2. The van der Waals surface area contributed by atoms with Crippen LogP contribution in [0.1, 0.15) is 29.0 Å². The largest absolute Gasteiger partial charge is 0.368 e. The number of rotatable bonds is 8. The molecule has 11 heteroatoms. The zero-order valence-electron chi connectivity index (χ0n) is 16.4. The molecular formula is C19H23F2N5O3S. The Balaban J connectivity index is 1.60. The van der Waals surface area contributed by atoms with E-state index in [1.165, 1.54) is 18.2 Å². The van der Waals surface area contributed by atoms with Gasteiger partial charge in [-0.15, -0.1) is 0 Å². The minimum atomic E-state index is -4.88. The standard InChI is InChI=1S/C19H23F2N5O3S/c1-13-24-16(12-17(25-13)26-10-4-5-11-26)22-8-9-23-18(27)14-6-2-3-7-15(14)30(28,29)19(20)21/h2-3,6-7,12,19H,4-5,8-11H2,1H3,(H,23,27)(H,22,24,25). The maximum Gasteiger partial charge on any atom is 0.341 e. The van der Waals surface area contributed by atoms with E-state index < -0.39 is 26.4 Å². The highest BCUT2D eigenvalue weighted by Crippen LogP contribution is 2.22. The predicted octanol–water partition coefficient (Wildman–Crippen LogP) is 2.22. The van der Waals surface area contributed by atoms with Crippen LogP contribution in [0.3, 0.4) is 0 Å². The molecule has 0 spiro atoms. The fourth-order valence-electron chi connectivity index (χ4n) is 3.21. The third kappa shape index (κ3) is 5.02. The van der Waals surface area contributed by atoms with Crippen molar-refractivity contribution in [1.29, 1.82) is 0 Å². The molecule has 0 atom stereocenters. The van der Waals surface area contributed by atoms with E-state index in [2.05, 4.69) is 25.5 Å². The van der Waals surface area contributed by atoms with E-state index in [4.69, 9.17) is 0 Å². The lowest BCUT2D eigenvalue weighted by molar-refractivity contribution is 0.0951. The number of hydrogen-bond donors (Lipinski definition) is 2. The quantitative estimate of drug-likeness (QED) is 0.608. The minimum Gasteiger partial charge on any atom is -0.368 e. The number of aryl methyl sites for hydroxylation is 1. The van der Waals surface area contributed by atoms with Crippen molar-refractivity contribution < 1.29 is 22.0 Å². The maximum absolute atomic E-state index is 12.9. The molecule has 1 aromatic heterocycles. The first-order valence-corrected chi connectivity index (χ1v) is 11.1. The van der Waals surface area contributed by atoms with E-state index in [1.54, 1.807) is 6.92 Å². The fourth-order valence-corrected chi connectivity index (χ4v) is 4.14. The SMILES string of the molecule is Cc1nc(NCCNC(=O)c2ccccc2S(=O)(=O)C(F)F)cc(N2CCCC2)n1. The Morgan fingerprint density at radius 2 is 1.87 bits per heavy atom. The molecule has 8 nitrogen and oxygen atoms in total. The minimum absolute atomic E-state index is 0.143. The highest BCUT2D eigenvalue weighted by Gasteiger charge is 2.30. The van der Waals surface area contributed by atoms with Gasteiger partial charge in [0.25, 0.3) is 5.91 Å². The van der Waals surface area contributed by atoms with E-state index in [9.17, 15) is 22.0 Å². The Kier molecular flexibility index (Phi) is 6.80. The molecule has 2 heterocycles. The average Bonchev–Trinajstić information content (AvgIpc) is 3.25. The zero-order chi connectivity index (χ0) is 21.7. The summed E-state index contributed by atoms with van der Waals surface area (Å²) < 4.78 is 49.3. The van der Waals surface area contributed by atoms with Gasteiger partial charge in [-0.1, -0.05) is 12.1 Å². The van der Waals surface area contributed by atoms with Gasteiger partial charge in [-0.2, -0.15) is 8.78 Å². The second-order valence-corrected chi connectivity index (χ2v) is 8.72. The number of benzene rings is 1. The summed E-state index contributed by atoms with van der Waals surface area (Å²) in [5, 5.41) is 5.63. The Morgan fingerprint density at radius 3 is 2.57 bits per heavy atom. The summed E-state index contributed by atoms with van der Waals surface area (Å²) in [6, 6.07) is 6.75. The van der Waals surface area contributed by atoms with Gasteiger partial charge in [0.15, 0.2) is 0 Å². The second kappa shape index (κ2) is 9.33. The Labute approximate surface area is 173 Å². The lowest BCUT2D eigenvalue weighted by Gasteiger charge is -2.18. The summed E-state index contributed by atoms with van der Waals surface area (Å²) >= 11 is 0. The van der Waals surface area contributed by atoms with Crippen molar-refractivity contribution in [3.8, 4) is 0 Å². The van der Waals surface area contributed by atoms with Crippen LogP contribution in [-0.4, -0.2) is 56.2 Å². The van der Waals surface area contributed by atoms with Crippen LogP contribution in [0.15, 0.2) is 35.2 Å². The molecule has 0 unspecified atom stereocenters. The molecular weight excluding hydrogens is 416 g/mol. The first kappa shape index (κ1) is 21.9. The number of nitrogens with zero attached hydrogens (tertiary/aromatic N) is 3. The number of carbonyl (C=O) groups is 1. The van der Waals surface area contributed by atoms with Crippen LogP contribution in [0.4, 0.5) is 20.4 Å². The van der Waals surface area contributed by atoms with Crippen LogP contribution in [0.5, 0.6) is 0 Å². The van der Waals surface area contributed by atoms with Crippen molar-refractivity contribution >= 4 is 27.4 Å². The van der Waals surface area contributed by atoms with Gasteiger partial charge >= 0.3 is 5.76 Å². The molecule has 162 valence electrons. The van der Waals surface area contributed by atoms with E-state index in [0.717, 1.165) is 37.8 Å². The second-order valence-electron chi connectivity index (χ2n) is 6.84. The molecule has 0 saturated carbocycles. The summed E-state index contributed by atoms with van der Waals surface area (Å²) in [4.78, 5) is 22.6. The molecule has 0 bridgehead atoms. The number of hydrogen-bond acceptors (Lipinski definition) is 7. The topological polar surface area (TPSA) is 104 Å². The summed E-state index contributed by atoms with van der Waals surface area (Å²) in [5.74, 6) is -2.26. The Morgan fingerprint density at radius 1 is 1.17 bits per heavy atom. The number of halogens is 2. The summed E-state index contributed by atoms with van der Waals surface area (Å²) in [7, 11) is -4.88. The monoisotopic (exact) mass is 439 g/mol. The van der Waals surface area contributed by atoms with Crippen LogP contribution >= 0.6 is 0 Å². The maximum atomic E-state index is 12.9. The van der Waals surface area contributed by atoms with Crippen LogP contribution < -0.4 is 15.5 Å². The van der Waals surface area contributed by atoms with E-state index in [-0.39, 0.29) is 12.1 Å². The molecule has 30 heavy (non-hydrogen) atoms. The van der Waals surface area contributed by atoms with Crippen molar-refractivity contribution in [1.82, 2.24) is 15.3 Å². The van der Waals surface area contributed by atoms with Gasteiger partial charge in [0.1, 0.15) is 17.5 Å². The number of amides is 1. The van der Waals surface area contributed by atoms with Gasteiger partial charge in [0, 0.05) is 32.2 Å². The third-order valence-corrected chi connectivity index (χ3v) is 6.08. The summed E-state index contributed by atoms with van der Waals surface area (Å²) in [6.07, 6.45) is 2.25. The third-order valence-electron chi connectivity index (χ3n) is 4.64.